The molecule has 1 heterocycles. The maximum absolute atomic E-state index is 12.5. The Labute approximate surface area is 121 Å². The van der Waals surface area contributed by atoms with Gasteiger partial charge in [-0.2, -0.15) is 13.2 Å². The molecule has 1 N–H and O–H groups in total. The van der Waals surface area contributed by atoms with Crippen LogP contribution in [0, 0.1) is 0 Å². The van der Waals surface area contributed by atoms with Gasteiger partial charge in [0.25, 0.3) is 0 Å². The molecule has 114 valence electrons. The molecule has 1 aromatic heterocycles. The monoisotopic (exact) mass is 298 g/mol. The van der Waals surface area contributed by atoms with Gasteiger partial charge >= 0.3 is 6.18 Å². The van der Waals surface area contributed by atoms with E-state index in [9.17, 15) is 18.3 Å². The Kier molecular flexibility index (Phi) is 4.67. The molecule has 0 bridgehead atoms. The number of aliphatic hydroxyl groups is 1. The second-order valence-electron chi connectivity index (χ2n) is 4.85. The first-order chi connectivity index (χ1) is 9.93. The fourth-order valence-corrected chi connectivity index (χ4v) is 2.09. The van der Waals surface area contributed by atoms with Crippen LogP contribution in [0.1, 0.15) is 42.8 Å². The first-order valence-electron chi connectivity index (χ1n) is 6.79. The van der Waals surface area contributed by atoms with Crippen molar-refractivity contribution in [1.29, 1.82) is 0 Å². The van der Waals surface area contributed by atoms with Gasteiger partial charge < -0.3 is 9.67 Å². The first-order valence-corrected chi connectivity index (χ1v) is 6.79. The molecule has 0 spiro atoms. The minimum absolute atomic E-state index is 0.395. The predicted molar refractivity (Wildman–Crippen MR) is 72.6 cm³/mol. The Balaban J connectivity index is 2.20. The highest BCUT2D eigenvalue weighted by atomic mass is 19.4. The average Bonchev–Trinajstić information content (AvgIpc) is 2.92. The van der Waals surface area contributed by atoms with E-state index in [2.05, 4.69) is 11.9 Å². The van der Waals surface area contributed by atoms with Crippen LogP contribution in [-0.4, -0.2) is 14.7 Å². The highest BCUT2D eigenvalue weighted by Crippen LogP contribution is 2.30. The van der Waals surface area contributed by atoms with Gasteiger partial charge in [-0.3, -0.25) is 0 Å². The molecule has 0 fully saturated rings. The zero-order valence-electron chi connectivity index (χ0n) is 11.6. The zero-order valence-corrected chi connectivity index (χ0v) is 11.6. The summed E-state index contributed by atoms with van der Waals surface area (Å²) in [5.41, 5.74) is -0.334. The van der Waals surface area contributed by atoms with E-state index in [0.29, 0.717) is 11.4 Å². The molecule has 21 heavy (non-hydrogen) atoms. The fourth-order valence-electron chi connectivity index (χ4n) is 2.09. The van der Waals surface area contributed by atoms with Crippen molar-refractivity contribution in [3.05, 3.63) is 53.6 Å². The quantitative estimate of drug-likeness (QED) is 0.912. The van der Waals surface area contributed by atoms with Crippen LogP contribution < -0.4 is 0 Å². The molecule has 6 heteroatoms. The number of aryl methyl sites for hydroxylation is 1. The smallest absolute Gasteiger partial charge is 0.380 e. The van der Waals surface area contributed by atoms with E-state index in [4.69, 9.17) is 0 Å². The first kappa shape index (κ1) is 15.6. The van der Waals surface area contributed by atoms with Gasteiger partial charge in [0.15, 0.2) is 0 Å². The summed E-state index contributed by atoms with van der Waals surface area (Å²) in [6.07, 6.45) is -0.101. The largest absolute Gasteiger partial charge is 0.416 e. The summed E-state index contributed by atoms with van der Waals surface area (Å²) in [4.78, 5) is 4.11. The minimum atomic E-state index is -4.37. The molecular formula is C15H17F3N2O. The summed E-state index contributed by atoms with van der Waals surface area (Å²) in [7, 11) is 0. The number of rotatable bonds is 5. The summed E-state index contributed by atoms with van der Waals surface area (Å²) >= 11 is 0. The Hall–Kier alpha value is -1.82. The van der Waals surface area contributed by atoms with E-state index >= 15 is 0 Å². The predicted octanol–water partition coefficient (Wildman–Crippen LogP) is 3.78. The standard InChI is InChI=1S/C15H17F3N2O/c1-2-3-9-20-10-8-19-14(20)13(21)11-4-6-12(7-5-11)15(16,17)18/h4-8,10,13,21H,2-3,9H2,1H3. The van der Waals surface area contributed by atoms with E-state index in [1.807, 2.05) is 4.57 Å². The van der Waals surface area contributed by atoms with E-state index in [1.54, 1.807) is 12.4 Å². The summed E-state index contributed by atoms with van der Waals surface area (Å²) < 4.78 is 39.4. The maximum Gasteiger partial charge on any atom is 0.416 e. The topological polar surface area (TPSA) is 38.0 Å². The number of hydrogen-bond donors (Lipinski definition) is 1. The van der Waals surface area contributed by atoms with Crippen LogP contribution in [0.25, 0.3) is 0 Å². The number of hydrogen-bond acceptors (Lipinski definition) is 2. The molecule has 2 rings (SSSR count). The third kappa shape index (κ3) is 3.64. The number of alkyl halides is 3. The van der Waals surface area contributed by atoms with E-state index in [1.165, 1.54) is 12.1 Å². The van der Waals surface area contributed by atoms with E-state index < -0.39 is 17.8 Å². The number of nitrogens with zero attached hydrogens (tertiary/aromatic N) is 2. The normalized spacial score (nSPS) is 13.4. The molecule has 0 aliphatic heterocycles. The molecule has 0 saturated carbocycles. The number of unbranched alkanes of at least 4 members (excludes halogenated alkanes) is 1. The van der Waals surface area contributed by atoms with Crippen molar-refractivity contribution in [1.82, 2.24) is 9.55 Å². The number of benzene rings is 1. The molecule has 1 unspecified atom stereocenters. The van der Waals surface area contributed by atoms with Gasteiger partial charge in [0.2, 0.25) is 0 Å². The van der Waals surface area contributed by atoms with Crippen molar-refractivity contribution in [3.63, 3.8) is 0 Å². The van der Waals surface area contributed by atoms with Crippen LogP contribution in [-0.2, 0) is 12.7 Å². The number of imidazole rings is 1. The number of aromatic nitrogens is 2. The van der Waals surface area contributed by atoms with Crippen LogP contribution in [0.2, 0.25) is 0 Å². The van der Waals surface area contributed by atoms with Crippen LogP contribution in [0.3, 0.4) is 0 Å². The van der Waals surface area contributed by atoms with Crippen LogP contribution in [0.15, 0.2) is 36.7 Å². The van der Waals surface area contributed by atoms with Crippen molar-refractivity contribution in [2.45, 2.75) is 38.6 Å². The Bertz CT molecular complexity index is 575. The van der Waals surface area contributed by atoms with Gasteiger partial charge in [0, 0.05) is 18.9 Å². The highest BCUT2D eigenvalue weighted by Gasteiger charge is 2.30. The molecule has 1 atom stereocenters. The lowest BCUT2D eigenvalue weighted by Gasteiger charge is -2.14. The number of halogens is 3. The van der Waals surface area contributed by atoms with Crippen molar-refractivity contribution >= 4 is 0 Å². The average molecular weight is 298 g/mol. The van der Waals surface area contributed by atoms with Crippen molar-refractivity contribution in [2.24, 2.45) is 0 Å². The van der Waals surface area contributed by atoms with Crippen molar-refractivity contribution in [2.75, 3.05) is 0 Å². The minimum Gasteiger partial charge on any atom is -0.380 e. The van der Waals surface area contributed by atoms with Crippen molar-refractivity contribution < 1.29 is 18.3 Å². The second-order valence-corrected chi connectivity index (χ2v) is 4.85. The van der Waals surface area contributed by atoms with Gasteiger partial charge in [0.1, 0.15) is 11.9 Å². The lowest BCUT2D eigenvalue weighted by molar-refractivity contribution is -0.137. The van der Waals surface area contributed by atoms with Crippen LogP contribution in [0.5, 0.6) is 0 Å². The lowest BCUT2D eigenvalue weighted by atomic mass is 10.1. The van der Waals surface area contributed by atoms with Gasteiger partial charge in [0.05, 0.1) is 5.56 Å². The zero-order chi connectivity index (χ0) is 15.5. The molecule has 0 aliphatic carbocycles. The van der Waals surface area contributed by atoms with Gasteiger partial charge in [-0.15, -0.1) is 0 Å². The van der Waals surface area contributed by atoms with Gasteiger partial charge in [-0.05, 0) is 24.1 Å². The summed E-state index contributed by atoms with van der Waals surface area (Å²) in [6, 6.07) is 4.51. The van der Waals surface area contributed by atoms with Crippen LogP contribution in [0.4, 0.5) is 13.2 Å². The molecule has 3 nitrogen and oxygen atoms in total. The molecular weight excluding hydrogens is 281 g/mol. The fraction of sp³-hybridized carbons (Fsp3) is 0.400. The summed E-state index contributed by atoms with van der Waals surface area (Å²) in [5.74, 6) is 0.447. The Morgan fingerprint density at radius 3 is 2.48 bits per heavy atom. The van der Waals surface area contributed by atoms with Gasteiger partial charge in [-0.25, -0.2) is 4.98 Å². The Morgan fingerprint density at radius 1 is 1.24 bits per heavy atom. The SMILES string of the molecule is CCCCn1ccnc1C(O)c1ccc(C(F)(F)F)cc1. The van der Waals surface area contributed by atoms with Crippen LogP contribution >= 0.6 is 0 Å². The molecule has 0 aliphatic rings. The van der Waals surface area contributed by atoms with Gasteiger partial charge in [-0.1, -0.05) is 25.5 Å². The molecule has 0 radical (unpaired) electrons. The molecule has 0 amide bonds. The summed E-state index contributed by atoms with van der Waals surface area (Å²) in [5, 5.41) is 10.3. The summed E-state index contributed by atoms with van der Waals surface area (Å²) in [6.45, 7) is 2.78. The lowest BCUT2D eigenvalue weighted by Crippen LogP contribution is -2.11. The van der Waals surface area contributed by atoms with Crippen molar-refractivity contribution in [3.8, 4) is 0 Å². The number of aliphatic hydroxyl groups excluding tert-OH is 1. The molecule has 0 saturated heterocycles. The third-order valence-electron chi connectivity index (χ3n) is 3.30. The van der Waals surface area contributed by atoms with E-state index in [-0.39, 0.29) is 0 Å². The molecule has 2 aromatic rings. The molecule has 1 aromatic carbocycles. The maximum atomic E-state index is 12.5. The highest BCUT2D eigenvalue weighted by molar-refractivity contribution is 5.29. The second kappa shape index (κ2) is 6.30. The third-order valence-corrected chi connectivity index (χ3v) is 3.30. The van der Waals surface area contributed by atoms with E-state index in [0.717, 1.165) is 31.5 Å². The Morgan fingerprint density at radius 2 is 1.90 bits per heavy atom.